The first-order valence-corrected chi connectivity index (χ1v) is 8.33. The first kappa shape index (κ1) is 19.9. The summed E-state index contributed by atoms with van der Waals surface area (Å²) in [5.74, 6) is -0.0739. The van der Waals surface area contributed by atoms with Crippen molar-refractivity contribution in [2.24, 2.45) is 5.73 Å². The molecule has 0 spiro atoms. The fourth-order valence-electron chi connectivity index (χ4n) is 3.22. The maximum absolute atomic E-state index is 12.8. The van der Waals surface area contributed by atoms with Gasteiger partial charge in [0.25, 0.3) is 11.6 Å². The Hall–Kier alpha value is -2.45. The lowest BCUT2D eigenvalue weighted by Gasteiger charge is -2.37. The summed E-state index contributed by atoms with van der Waals surface area (Å²) in [4.78, 5) is 24.9. The number of nitro groups is 1. The van der Waals surface area contributed by atoms with Gasteiger partial charge in [-0.3, -0.25) is 14.9 Å². The van der Waals surface area contributed by atoms with Crippen LogP contribution in [0.1, 0.15) is 36.5 Å². The van der Waals surface area contributed by atoms with Crippen LogP contribution < -0.4 is 5.73 Å². The van der Waals surface area contributed by atoms with Crippen LogP contribution in [0.25, 0.3) is 5.69 Å². The minimum Gasteiger partial charge on any atom is -0.334 e. The molecule has 1 aromatic heterocycles. The van der Waals surface area contributed by atoms with Gasteiger partial charge in [0.1, 0.15) is 0 Å². The molecule has 0 bridgehead atoms. The first-order valence-electron chi connectivity index (χ1n) is 8.33. The molecule has 3 rings (SSSR count). The normalized spacial score (nSPS) is 18.1. The van der Waals surface area contributed by atoms with Crippen LogP contribution in [-0.2, 0) is 0 Å². The minimum absolute atomic E-state index is 0. The van der Waals surface area contributed by atoms with Gasteiger partial charge in [0, 0.05) is 37.0 Å². The molecule has 1 fully saturated rings. The molecule has 2 N–H and O–H groups in total. The molecule has 2 unspecified atom stereocenters. The molecule has 0 radical (unpaired) electrons. The molecule has 8 nitrogen and oxygen atoms in total. The van der Waals surface area contributed by atoms with Crippen LogP contribution in [0.2, 0.25) is 0 Å². The molecule has 1 aliphatic heterocycles. The van der Waals surface area contributed by atoms with Gasteiger partial charge >= 0.3 is 0 Å². The van der Waals surface area contributed by atoms with E-state index in [1.165, 1.54) is 18.3 Å². The maximum Gasteiger partial charge on any atom is 0.269 e. The van der Waals surface area contributed by atoms with Gasteiger partial charge in [0.2, 0.25) is 0 Å². The number of aromatic nitrogens is 2. The van der Waals surface area contributed by atoms with Gasteiger partial charge in [-0.2, -0.15) is 5.10 Å². The van der Waals surface area contributed by atoms with Crippen LogP contribution in [0, 0.1) is 10.1 Å². The number of nitro benzene ring substituents is 1. The van der Waals surface area contributed by atoms with Crippen molar-refractivity contribution in [2.75, 3.05) is 6.54 Å². The van der Waals surface area contributed by atoms with E-state index in [0.29, 0.717) is 17.8 Å². The van der Waals surface area contributed by atoms with E-state index < -0.39 is 4.92 Å². The first-order chi connectivity index (χ1) is 12.0. The highest BCUT2D eigenvalue weighted by Gasteiger charge is 2.30. The van der Waals surface area contributed by atoms with Crippen molar-refractivity contribution in [2.45, 2.75) is 38.3 Å². The molecule has 26 heavy (non-hydrogen) atoms. The summed E-state index contributed by atoms with van der Waals surface area (Å²) in [6.07, 6.45) is 6.15. The van der Waals surface area contributed by atoms with Crippen molar-refractivity contribution in [3.05, 3.63) is 52.3 Å². The summed E-state index contributed by atoms with van der Waals surface area (Å²) in [5.41, 5.74) is 7.20. The molecular formula is C17H22ClN5O3. The van der Waals surface area contributed by atoms with Crippen LogP contribution in [0.5, 0.6) is 0 Å². The summed E-state index contributed by atoms with van der Waals surface area (Å²) in [6, 6.07) is 6.00. The van der Waals surface area contributed by atoms with E-state index in [1.807, 2.05) is 11.8 Å². The topological polar surface area (TPSA) is 107 Å². The molecule has 1 aliphatic rings. The second kappa shape index (κ2) is 8.29. The van der Waals surface area contributed by atoms with Gasteiger partial charge in [-0.25, -0.2) is 4.68 Å². The smallest absolute Gasteiger partial charge is 0.269 e. The van der Waals surface area contributed by atoms with Crippen LogP contribution >= 0.6 is 12.4 Å². The Morgan fingerprint density at radius 3 is 2.65 bits per heavy atom. The average Bonchev–Trinajstić information content (AvgIpc) is 3.11. The second-order valence-corrected chi connectivity index (χ2v) is 6.37. The molecule has 0 saturated carbocycles. The Balaban J connectivity index is 0.00000243. The van der Waals surface area contributed by atoms with Crippen LogP contribution in [0.3, 0.4) is 0 Å². The summed E-state index contributed by atoms with van der Waals surface area (Å²) < 4.78 is 1.54. The molecular weight excluding hydrogens is 358 g/mol. The number of carbonyl (C=O) groups is 1. The van der Waals surface area contributed by atoms with Crippen LogP contribution in [0.15, 0.2) is 36.7 Å². The van der Waals surface area contributed by atoms with E-state index in [1.54, 1.807) is 23.0 Å². The highest BCUT2D eigenvalue weighted by atomic mass is 35.5. The Labute approximate surface area is 157 Å². The van der Waals surface area contributed by atoms with E-state index >= 15 is 0 Å². The van der Waals surface area contributed by atoms with Gasteiger partial charge in [-0.05, 0) is 38.3 Å². The Kier molecular flexibility index (Phi) is 6.33. The zero-order chi connectivity index (χ0) is 18.0. The van der Waals surface area contributed by atoms with E-state index in [-0.39, 0.29) is 36.1 Å². The third kappa shape index (κ3) is 4.03. The largest absolute Gasteiger partial charge is 0.334 e. The summed E-state index contributed by atoms with van der Waals surface area (Å²) in [7, 11) is 0. The molecule has 140 valence electrons. The molecule has 2 heterocycles. The second-order valence-electron chi connectivity index (χ2n) is 6.37. The van der Waals surface area contributed by atoms with Crippen molar-refractivity contribution in [1.82, 2.24) is 14.7 Å². The van der Waals surface area contributed by atoms with Crippen molar-refractivity contribution in [1.29, 1.82) is 0 Å². The number of carbonyl (C=O) groups excluding carboxylic acids is 1. The number of hydrogen-bond acceptors (Lipinski definition) is 5. The van der Waals surface area contributed by atoms with E-state index in [2.05, 4.69) is 5.10 Å². The molecule has 2 aromatic rings. The number of halogens is 1. The highest BCUT2D eigenvalue weighted by molar-refractivity contribution is 5.94. The molecule has 1 amide bonds. The zero-order valence-electron chi connectivity index (χ0n) is 14.4. The molecule has 9 heteroatoms. The number of likely N-dealkylation sites (tertiary alicyclic amines) is 1. The standard InChI is InChI=1S/C17H21N5O3.ClH/c1-12(18)16-4-2-3-9-20(16)17(23)13-10-19-21(11-13)14-5-7-15(8-6-14)22(24)25;/h5-8,10-12,16H,2-4,9,18H2,1H3;1H. The fraction of sp³-hybridized carbons (Fsp3) is 0.412. The predicted octanol–water partition coefficient (Wildman–Crippen LogP) is 2.54. The Morgan fingerprint density at radius 2 is 2.04 bits per heavy atom. The Morgan fingerprint density at radius 1 is 1.35 bits per heavy atom. The predicted molar refractivity (Wildman–Crippen MR) is 99.8 cm³/mol. The zero-order valence-corrected chi connectivity index (χ0v) is 15.3. The number of hydrogen-bond donors (Lipinski definition) is 1. The fourth-order valence-corrected chi connectivity index (χ4v) is 3.22. The number of rotatable bonds is 4. The highest BCUT2D eigenvalue weighted by Crippen LogP contribution is 2.22. The summed E-state index contributed by atoms with van der Waals surface area (Å²) in [6.45, 7) is 2.63. The molecule has 1 saturated heterocycles. The minimum atomic E-state index is -0.452. The number of nitrogens with two attached hydrogens (primary N) is 1. The lowest BCUT2D eigenvalue weighted by molar-refractivity contribution is -0.384. The quantitative estimate of drug-likeness (QED) is 0.648. The van der Waals surface area contributed by atoms with Gasteiger partial charge in [-0.1, -0.05) is 0 Å². The number of amides is 1. The van der Waals surface area contributed by atoms with Gasteiger partial charge < -0.3 is 10.6 Å². The number of benzene rings is 1. The van der Waals surface area contributed by atoms with Gasteiger partial charge in [0.05, 0.1) is 22.4 Å². The van der Waals surface area contributed by atoms with Gasteiger partial charge in [0.15, 0.2) is 0 Å². The van der Waals surface area contributed by atoms with E-state index in [9.17, 15) is 14.9 Å². The van der Waals surface area contributed by atoms with Crippen molar-refractivity contribution in [3.8, 4) is 5.69 Å². The molecule has 1 aromatic carbocycles. The lowest BCUT2D eigenvalue weighted by atomic mass is 9.96. The lowest BCUT2D eigenvalue weighted by Crippen LogP contribution is -2.51. The Bertz CT molecular complexity index is 775. The summed E-state index contributed by atoms with van der Waals surface area (Å²) >= 11 is 0. The maximum atomic E-state index is 12.8. The monoisotopic (exact) mass is 379 g/mol. The van der Waals surface area contributed by atoms with E-state index in [0.717, 1.165) is 19.3 Å². The van der Waals surface area contributed by atoms with E-state index in [4.69, 9.17) is 5.73 Å². The van der Waals surface area contributed by atoms with Crippen molar-refractivity contribution in [3.63, 3.8) is 0 Å². The molecule has 0 aliphatic carbocycles. The van der Waals surface area contributed by atoms with Crippen molar-refractivity contribution >= 4 is 24.0 Å². The van der Waals surface area contributed by atoms with Gasteiger partial charge in [-0.15, -0.1) is 12.4 Å². The van der Waals surface area contributed by atoms with Crippen LogP contribution in [0.4, 0.5) is 5.69 Å². The number of nitrogens with zero attached hydrogens (tertiary/aromatic N) is 4. The van der Waals surface area contributed by atoms with Crippen molar-refractivity contribution < 1.29 is 9.72 Å². The van der Waals surface area contributed by atoms with Crippen LogP contribution in [-0.4, -0.2) is 44.1 Å². The average molecular weight is 380 g/mol. The molecule has 2 atom stereocenters. The summed E-state index contributed by atoms with van der Waals surface area (Å²) in [5, 5.41) is 14.9. The SMILES string of the molecule is CC(N)C1CCCCN1C(=O)c1cnn(-c2ccc([N+](=O)[O-])cc2)c1.Cl. The third-order valence-corrected chi connectivity index (χ3v) is 4.57. The number of piperidine rings is 1. The third-order valence-electron chi connectivity index (χ3n) is 4.57. The number of non-ortho nitro benzene ring substituents is 1.